The number of piperidine rings is 1. The zero-order valence-corrected chi connectivity index (χ0v) is 16.0. The first-order chi connectivity index (χ1) is 13.1. The zero-order valence-electron chi connectivity index (χ0n) is 15.2. The van der Waals surface area contributed by atoms with E-state index in [2.05, 4.69) is 21.6 Å². The van der Waals surface area contributed by atoms with Crippen LogP contribution >= 0.6 is 11.8 Å². The van der Waals surface area contributed by atoms with Crippen LogP contribution in [-0.4, -0.2) is 72.0 Å². The van der Waals surface area contributed by atoms with Gasteiger partial charge in [0.25, 0.3) is 5.91 Å². The lowest BCUT2D eigenvalue weighted by atomic mass is 10.0. The van der Waals surface area contributed by atoms with Gasteiger partial charge in [0.1, 0.15) is 6.04 Å². The smallest absolute Gasteiger partial charge is 0.255 e. The molecule has 8 heteroatoms. The number of fused-ring (bicyclic) bond motifs is 1. The molecule has 3 aliphatic rings. The first-order valence-corrected chi connectivity index (χ1v) is 10.4. The molecule has 7 nitrogen and oxygen atoms in total. The second-order valence-electron chi connectivity index (χ2n) is 7.12. The van der Waals surface area contributed by atoms with Gasteiger partial charge in [0.2, 0.25) is 11.8 Å². The molecule has 3 amide bonds. The minimum atomic E-state index is -0.554. The number of amides is 3. The number of thioether (sulfide) groups is 1. The number of imide groups is 1. The standard InChI is InChI=1S/C19H24N4O3S/c24-17-5-4-15(18(25)21-17)23-12-14-13(19(23)26)2-1-3-16(14)27-11-10-22-8-6-20-7-9-22/h1-3,15,20H,4-12H2,(H,21,24,25). The van der Waals surface area contributed by atoms with Gasteiger partial charge in [0.05, 0.1) is 0 Å². The maximum absolute atomic E-state index is 12.8. The van der Waals surface area contributed by atoms with Gasteiger partial charge < -0.3 is 10.2 Å². The van der Waals surface area contributed by atoms with Gasteiger partial charge in [-0.25, -0.2) is 0 Å². The normalized spacial score (nSPS) is 23.5. The van der Waals surface area contributed by atoms with E-state index in [9.17, 15) is 14.4 Å². The van der Waals surface area contributed by atoms with Crippen molar-refractivity contribution in [1.82, 2.24) is 20.4 Å². The number of rotatable bonds is 5. The lowest BCUT2D eigenvalue weighted by Gasteiger charge is -2.29. The number of hydrogen-bond donors (Lipinski definition) is 2. The molecule has 0 spiro atoms. The summed E-state index contributed by atoms with van der Waals surface area (Å²) in [5.74, 6) is 0.247. The van der Waals surface area contributed by atoms with Gasteiger partial charge in [-0.3, -0.25) is 24.6 Å². The Labute approximate surface area is 162 Å². The number of benzene rings is 1. The van der Waals surface area contributed by atoms with E-state index in [1.165, 1.54) is 0 Å². The third kappa shape index (κ3) is 3.88. The molecule has 0 aliphatic carbocycles. The number of hydrogen-bond acceptors (Lipinski definition) is 6. The summed E-state index contributed by atoms with van der Waals surface area (Å²) in [6.07, 6.45) is 0.679. The van der Waals surface area contributed by atoms with E-state index in [0.29, 0.717) is 18.5 Å². The van der Waals surface area contributed by atoms with Crippen molar-refractivity contribution in [2.75, 3.05) is 38.5 Å². The molecule has 0 aromatic heterocycles. The van der Waals surface area contributed by atoms with E-state index >= 15 is 0 Å². The Morgan fingerprint density at radius 2 is 1.96 bits per heavy atom. The quantitative estimate of drug-likeness (QED) is 0.563. The summed E-state index contributed by atoms with van der Waals surface area (Å²) in [5, 5.41) is 5.71. The Morgan fingerprint density at radius 1 is 1.15 bits per heavy atom. The van der Waals surface area contributed by atoms with Crippen molar-refractivity contribution in [3.8, 4) is 0 Å². The van der Waals surface area contributed by atoms with Crippen LogP contribution in [0, 0.1) is 0 Å². The van der Waals surface area contributed by atoms with Crippen molar-refractivity contribution in [1.29, 1.82) is 0 Å². The molecule has 27 heavy (non-hydrogen) atoms. The number of nitrogens with one attached hydrogen (secondary N) is 2. The third-order valence-electron chi connectivity index (χ3n) is 5.41. The Morgan fingerprint density at radius 3 is 2.74 bits per heavy atom. The fourth-order valence-corrected chi connectivity index (χ4v) is 5.00. The maximum atomic E-state index is 12.8. The van der Waals surface area contributed by atoms with E-state index in [-0.39, 0.29) is 24.1 Å². The first kappa shape index (κ1) is 18.5. The predicted octanol–water partition coefficient (Wildman–Crippen LogP) is 0.445. The molecule has 1 unspecified atom stereocenters. The molecule has 2 N–H and O–H groups in total. The molecule has 0 radical (unpaired) electrons. The minimum absolute atomic E-state index is 0.107. The van der Waals surface area contributed by atoms with Gasteiger partial charge in [-0.05, 0) is 24.1 Å². The van der Waals surface area contributed by atoms with Gasteiger partial charge in [0.15, 0.2) is 0 Å². The maximum Gasteiger partial charge on any atom is 0.255 e. The second-order valence-corrected chi connectivity index (χ2v) is 8.26. The third-order valence-corrected chi connectivity index (χ3v) is 6.49. The highest BCUT2D eigenvalue weighted by Crippen LogP contribution is 2.34. The van der Waals surface area contributed by atoms with Crippen molar-refractivity contribution in [3.05, 3.63) is 29.3 Å². The van der Waals surface area contributed by atoms with E-state index < -0.39 is 6.04 Å². The monoisotopic (exact) mass is 388 g/mol. The fourth-order valence-electron chi connectivity index (χ4n) is 3.91. The topological polar surface area (TPSA) is 81.8 Å². The van der Waals surface area contributed by atoms with Crippen LogP contribution in [0.15, 0.2) is 23.1 Å². The van der Waals surface area contributed by atoms with Crippen LogP contribution in [0.1, 0.15) is 28.8 Å². The van der Waals surface area contributed by atoms with Gasteiger partial charge in [-0.15, -0.1) is 11.8 Å². The molecular formula is C19H24N4O3S. The molecule has 1 aromatic rings. The average Bonchev–Trinajstić information content (AvgIpc) is 3.00. The number of carbonyl (C=O) groups excluding carboxylic acids is 3. The van der Waals surface area contributed by atoms with Gasteiger partial charge in [-0.1, -0.05) is 6.07 Å². The molecule has 144 valence electrons. The summed E-state index contributed by atoms with van der Waals surface area (Å²) in [6, 6.07) is 5.26. The van der Waals surface area contributed by atoms with Crippen LogP contribution in [0.3, 0.4) is 0 Å². The van der Waals surface area contributed by atoms with Gasteiger partial charge in [0, 0.05) is 61.9 Å². The van der Waals surface area contributed by atoms with E-state index in [1.54, 1.807) is 16.7 Å². The largest absolute Gasteiger partial charge is 0.322 e. The summed E-state index contributed by atoms with van der Waals surface area (Å²) in [5.41, 5.74) is 1.70. The molecule has 3 heterocycles. The Balaban J connectivity index is 1.42. The number of nitrogens with zero attached hydrogens (tertiary/aromatic N) is 2. The predicted molar refractivity (Wildman–Crippen MR) is 103 cm³/mol. The Kier molecular flexibility index (Phi) is 5.47. The van der Waals surface area contributed by atoms with Crippen LogP contribution < -0.4 is 10.6 Å². The molecule has 0 saturated carbocycles. The van der Waals surface area contributed by atoms with Gasteiger partial charge in [-0.2, -0.15) is 0 Å². The summed E-state index contributed by atoms with van der Waals surface area (Å²) in [6.45, 7) is 5.71. The van der Waals surface area contributed by atoms with Crippen LogP contribution in [-0.2, 0) is 16.1 Å². The van der Waals surface area contributed by atoms with Crippen molar-refractivity contribution in [2.24, 2.45) is 0 Å². The lowest BCUT2D eigenvalue weighted by molar-refractivity contribution is -0.136. The zero-order chi connectivity index (χ0) is 18.8. The minimum Gasteiger partial charge on any atom is -0.322 e. The Hall–Kier alpha value is -1.90. The Bertz CT molecular complexity index is 763. The second kappa shape index (κ2) is 8.00. The molecule has 4 rings (SSSR count). The lowest BCUT2D eigenvalue weighted by Crippen LogP contribution is -2.52. The summed E-state index contributed by atoms with van der Waals surface area (Å²) < 4.78 is 0. The van der Waals surface area contributed by atoms with E-state index in [1.807, 2.05) is 12.1 Å². The fraction of sp³-hybridized carbons (Fsp3) is 0.526. The highest BCUT2D eigenvalue weighted by Gasteiger charge is 2.39. The molecular weight excluding hydrogens is 364 g/mol. The summed E-state index contributed by atoms with van der Waals surface area (Å²) >= 11 is 1.78. The SMILES string of the molecule is O=C1CCC(N2Cc3c(SCCN4CCNCC4)cccc3C2=O)C(=O)N1. The van der Waals surface area contributed by atoms with Crippen molar-refractivity contribution >= 4 is 29.5 Å². The van der Waals surface area contributed by atoms with Gasteiger partial charge >= 0.3 is 0 Å². The highest BCUT2D eigenvalue weighted by molar-refractivity contribution is 7.99. The molecule has 1 atom stereocenters. The van der Waals surface area contributed by atoms with Crippen molar-refractivity contribution in [3.63, 3.8) is 0 Å². The molecule has 3 aliphatic heterocycles. The first-order valence-electron chi connectivity index (χ1n) is 9.46. The molecule has 1 aromatic carbocycles. The summed E-state index contributed by atoms with van der Waals surface area (Å²) in [7, 11) is 0. The van der Waals surface area contributed by atoms with Crippen LogP contribution in [0.5, 0.6) is 0 Å². The van der Waals surface area contributed by atoms with Crippen molar-refractivity contribution in [2.45, 2.75) is 30.3 Å². The summed E-state index contributed by atoms with van der Waals surface area (Å²) in [4.78, 5) is 41.6. The average molecular weight is 388 g/mol. The number of carbonyl (C=O) groups is 3. The van der Waals surface area contributed by atoms with Crippen LogP contribution in [0.4, 0.5) is 0 Å². The molecule has 2 fully saturated rings. The molecule has 2 saturated heterocycles. The van der Waals surface area contributed by atoms with Crippen LogP contribution in [0.2, 0.25) is 0 Å². The highest BCUT2D eigenvalue weighted by atomic mass is 32.2. The van der Waals surface area contributed by atoms with Crippen LogP contribution in [0.25, 0.3) is 0 Å². The van der Waals surface area contributed by atoms with Crippen molar-refractivity contribution < 1.29 is 14.4 Å². The number of piperazine rings is 1. The molecule has 0 bridgehead atoms. The van der Waals surface area contributed by atoms with E-state index in [4.69, 9.17) is 0 Å². The van der Waals surface area contributed by atoms with E-state index in [0.717, 1.165) is 48.9 Å².